The van der Waals surface area contributed by atoms with Crippen molar-refractivity contribution in [2.24, 2.45) is 0 Å². The molecule has 1 N–H and O–H groups in total. The summed E-state index contributed by atoms with van der Waals surface area (Å²) in [4.78, 5) is 25.4. The van der Waals surface area contributed by atoms with E-state index in [1.165, 1.54) is 11.3 Å². The van der Waals surface area contributed by atoms with Gasteiger partial charge < -0.3 is 5.32 Å². The standard InChI is InChI=1S/C14H15NO2S2/c1-10(8-12(16)13-5-3-7-19-13)15-14(17)9-11-4-2-6-18-11/h2-7,10H,8-9H2,1H3,(H,15,17)/t10-/m0/s1. The van der Waals surface area contributed by atoms with Gasteiger partial charge in [0.1, 0.15) is 0 Å². The molecule has 0 saturated heterocycles. The van der Waals surface area contributed by atoms with E-state index >= 15 is 0 Å². The molecule has 0 aromatic carbocycles. The van der Waals surface area contributed by atoms with E-state index in [9.17, 15) is 9.59 Å². The third kappa shape index (κ3) is 4.29. The molecule has 0 fully saturated rings. The zero-order chi connectivity index (χ0) is 13.7. The average molecular weight is 293 g/mol. The molecule has 2 aromatic heterocycles. The lowest BCUT2D eigenvalue weighted by molar-refractivity contribution is -0.120. The van der Waals surface area contributed by atoms with E-state index in [0.717, 1.165) is 9.75 Å². The van der Waals surface area contributed by atoms with Crippen LogP contribution in [0.25, 0.3) is 0 Å². The first-order chi connectivity index (χ1) is 9.15. The van der Waals surface area contributed by atoms with Crippen molar-refractivity contribution in [1.82, 2.24) is 5.32 Å². The molecule has 0 unspecified atom stereocenters. The Balaban J connectivity index is 1.79. The fraction of sp³-hybridized carbons (Fsp3) is 0.286. The minimum atomic E-state index is -0.137. The minimum Gasteiger partial charge on any atom is -0.353 e. The van der Waals surface area contributed by atoms with E-state index in [2.05, 4.69) is 5.32 Å². The number of carbonyl (C=O) groups excluding carboxylic acids is 2. The molecule has 100 valence electrons. The fourth-order valence-electron chi connectivity index (χ4n) is 1.76. The number of carbonyl (C=O) groups is 2. The lowest BCUT2D eigenvalue weighted by Gasteiger charge is -2.12. The molecular weight excluding hydrogens is 278 g/mol. The molecule has 0 radical (unpaired) electrons. The molecule has 0 spiro atoms. The highest BCUT2D eigenvalue weighted by Gasteiger charge is 2.14. The molecule has 0 bridgehead atoms. The Labute approximate surface area is 120 Å². The van der Waals surface area contributed by atoms with Crippen molar-refractivity contribution in [2.45, 2.75) is 25.8 Å². The van der Waals surface area contributed by atoms with Crippen LogP contribution in [0.1, 0.15) is 27.9 Å². The molecule has 19 heavy (non-hydrogen) atoms. The monoisotopic (exact) mass is 293 g/mol. The van der Waals surface area contributed by atoms with Gasteiger partial charge >= 0.3 is 0 Å². The number of hydrogen-bond acceptors (Lipinski definition) is 4. The molecule has 0 aliphatic heterocycles. The highest BCUT2D eigenvalue weighted by molar-refractivity contribution is 7.12. The molecule has 2 heterocycles. The molecule has 2 aromatic rings. The maximum absolute atomic E-state index is 11.9. The van der Waals surface area contributed by atoms with Gasteiger partial charge in [0, 0.05) is 17.3 Å². The van der Waals surface area contributed by atoms with Crippen LogP contribution in [-0.4, -0.2) is 17.7 Å². The van der Waals surface area contributed by atoms with Gasteiger partial charge in [0.25, 0.3) is 0 Å². The first-order valence-electron chi connectivity index (χ1n) is 6.03. The summed E-state index contributed by atoms with van der Waals surface area (Å²) in [5, 5.41) is 6.70. The van der Waals surface area contributed by atoms with Gasteiger partial charge in [-0.3, -0.25) is 9.59 Å². The third-order valence-electron chi connectivity index (χ3n) is 2.61. The minimum absolute atomic E-state index is 0.0334. The summed E-state index contributed by atoms with van der Waals surface area (Å²) in [6.45, 7) is 1.86. The van der Waals surface area contributed by atoms with Gasteiger partial charge in [-0.2, -0.15) is 0 Å². The summed E-state index contributed by atoms with van der Waals surface area (Å²) >= 11 is 3.00. The Hall–Kier alpha value is -1.46. The van der Waals surface area contributed by atoms with Crippen molar-refractivity contribution in [2.75, 3.05) is 0 Å². The van der Waals surface area contributed by atoms with Crippen LogP contribution in [0.15, 0.2) is 35.0 Å². The number of amides is 1. The second-order valence-corrected chi connectivity index (χ2v) is 6.31. The molecule has 0 saturated carbocycles. The second-order valence-electron chi connectivity index (χ2n) is 4.33. The Morgan fingerprint density at radius 2 is 1.95 bits per heavy atom. The first-order valence-corrected chi connectivity index (χ1v) is 7.79. The van der Waals surface area contributed by atoms with E-state index < -0.39 is 0 Å². The normalized spacial score (nSPS) is 12.1. The molecule has 0 aliphatic rings. The predicted octanol–water partition coefficient (Wildman–Crippen LogP) is 3.13. The Morgan fingerprint density at radius 3 is 2.58 bits per heavy atom. The predicted molar refractivity (Wildman–Crippen MR) is 78.9 cm³/mol. The number of rotatable bonds is 6. The highest BCUT2D eigenvalue weighted by atomic mass is 32.1. The average Bonchev–Trinajstić information content (AvgIpc) is 3.00. The fourth-order valence-corrected chi connectivity index (χ4v) is 3.14. The Morgan fingerprint density at radius 1 is 1.21 bits per heavy atom. The van der Waals surface area contributed by atoms with Gasteiger partial charge in [-0.1, -0.05) is 12.1 Å². The van der Waals surface area contributed by atoms with Crippen molar-refractivity contribution in [3.05, 3.63) is 44.8 Å². The zero-order valence-corrected chi connectivity index (χ0v) is 12.2. The van der Waals surface area contributed by atoms with Crippen molar-refractivity contribution in [3.63, 3.8) is 0 Å². The van der Waals surface area contributed by atoms with Crippen LogP contribution < -0.4 is 5.32 Å². The summed E-state index contributed by atoms with van der Waals surface area (Å²) in [5.74, 6) is 0.0489. The summed E-state index contributed by atoms with van der Waals surface area (Å²) in [5.41, 5.74) is 0. The largest absolute Gasteiger partial charge is 0.353 e. The smallest absolute Gasteiger partial charge is 0.225 e. The van der Waals surface area contributed by atoms with Crippen LogP contribution in [0.3, 0.4) is 0 Å². The Kier molecular flexibility index (Phi) is 4.87. The summed E-state index contributed by atoms with van der Waals surface area (Å²) in [6.07, 6.45) is 0.728. The number of hydrogen-bond donors (Lipinski definition) is 1. The van der Waals surface area contributed by atoms with Gasteiger partial charge in [0.05, 0.1) is 11.3 Å². The van der Waals surface area contributed by atoms with E-state index in [4.69, 9.17) is 0 Å². The van der Waals surface area contributed by atoms with Gasteiger partial charge in [-0.15, -0.1) is 22.7 Å². The van der Waals surface area contributed by atoms with Crippen molar-refractivity contribution >= 4 is 34.4 Å². The van der Waals surface area contributed by atoms with Crippen LogP contribution in [0.4, 0.5) is 0 Å². The summed E-state index contributed by atoms with van der Waals surface area (Å²) in [6, 6.07) is 7.40. The molecule has 1 atom stereocenters. The maximum atomic E-state index is 11.9. The lowest BCUT2D eigenvalue weighted by Crippen LogP contribution is -2.35. The SMILES string of the molecule is C[C@@H](CC(=O)c1cccs1)NC(=O)Cc1cccs1. The van der Waals surface area contributed by atoms with Crippen LogP contribution in [-0.2, 0) is 11.2 Å². The van der Waals surface area contributed by atoms with E-state index in [0.29, 0.717) is 12.8 Å². The van der Waals surface area contributed by atoms with Gasteiger partial charge in [-0.25, -0.2) is 0 Å². The maximum Gasteiger partial charge on any atom is 0.225 e. The zero-order valence-electron chi connectivity index (χ0n) is 10.6. The van der Waals surface area contributed by atoms with Crippen LogP contribution in [0.5, 0.6) is 0 Å². The summed E-state index contributed by atoms with van der Waals surface area (Å²) in [7, 11) is 0. The molecule has 1 amide bonds. The first kappa shape index (κ1) is 14.0. The Bertz CT molecular complexity index is 532. The van der Waals surface area contributed by atoms with E-state index in [-0.39, 0.29) is 17.7 Å². The number of nitrogens with one attached hydrogen (secondary N) is 1. The van der Waals surface area contributed by atoms with Crippen molar-refractivity contribution in [1.29, 1.82) is 0 Å². The van der Waals surface area contributed by atoms with Crippen molar-refractivity contribution in [3.8, 4) is 0 Å². The van der Waals surface area contributed by atoms with E-state index in [1.54, 1.807) is 11.3 Å². The number of thiophene rings is 2. The second kappa shape index (κ2) is 6.63. The summed E-state index contributed by atoms with van der Waals surface area (Å²) < 4.78 is 0. The van der Waals surface area contributed by atoms with Crippen LogP contribution in [0.2, 0.25) is 0 Å². The van der Waals surface area contributed by atoms with Gasteiger partial charge in [-0.05, 0) is 29.8 Å². The molecular formula is C14H15NO2S2. The lowest BCUT2D eigenvalue weighted by atomic mass is 10.1. The van der Waals surface area contributed by atoms with Crippen molar-refractivity contribution < 1.29 is 9.59 Å². The molecule has 3 nitrogen and oxygen atoms in total. The molecule has 5 heteroatoms. The van der Waals surface area contributed by atoms with E-state index in [1.807, 2.05) is 41.9 Å². The highest BCUT2D eigenvalue weighted by Crippen LogP contribution is 2.13. The van der Waals surface area contributed by atoms with Gasteiger partial charge in [0.2, 0.25) is 5.91 Å². The number of ketones is 1. The van der Waals surface area contributed by atoms with Crippen LogP contribution in [0, 0.1) is 0 Å². The van der Waals surface area contributed by atoms with Crippen LogP contribution >= 0.6 is 22.7 Å². The molecule has 2 rings (SSSR count). The number of Topliss-reactive ketones (excluding diaryl/α,β-unsaturated/α-hetero) is 1. The molecule has 0 aliphatic carbocycles. The quantitative estimate of drug-likeness (QED) is 0.832. The van der Waals surface area contributed by atoms with Gasteiger partial charge in [0.15, 0.2) is 5.78 Å². The topological polar surface area (TPSA) is 46.2 Å². The third-order valence-corrected chi connectivity index (χ3v) is 4.40.